The Morgan fingerprint density at radius 2 is 0.955 bits per heavy atom. The summed E-state index contributed by atoms with van der Waals surface area (Å²) in [5.74, 6) is 0. The first kappa shape index (κ1) is 24.0. The molecule has 0 spiro atoms. The first-order valence-corrected chi connectivity index (χ1v) is 13.2. The predicted octanol–water partition coefficient (Wildman–Crippen LogP) is 4.63. The van der Waals surface area contributed by atoms with E-state index in [-0.39, 0.29) is 0 Å². The highest BCUT2D eigenvalue weighted by atomic mass is 28.4. The van der Waals surface area contributed by atoms with Crippen molar-refractivity contribution in [2.45, 2.75) is 52.9 Å². The maximum absolute atomic E-state index is 5.42. The van der Waals surface area contributed by atoms with E-state index >= 15 is 0 Å². The summed E-state index contributed by atoms with van der Waals surface area (Å²) in [5.41, 5.74) is 0. The second-order valence-corrected chi connectivity index (χ2v) is 12.7. The summed E-state index contributed by atoms with van der Waals surface area (Å²) in [6, 6.07) is 2.41. The van der Waals surface area contributed by atoms with E-state index in [1.807, 2.05) is 39.8 Å². The fourth-order valence-corrected chi connectivity index (χ4v) is 5.47. The van der Waals surface area contributed by atoms with Gasteiger partial charge in [-0.2, -0.15) is 0 Å². The third-order valence-corrected chi connectivity index (χ3v) is 8.03. The molecule has 0 atom stereocenters. The second kappa shape index (κ2) is 14.4. The zero-order valence-corrected chi connectivity index (χ0v) is 17.4. The number of hydrogen-bond acceptors (Lipinski definition) is 4. The van der Waals surface area contributed by atoms with Crippen LogP contribution in [0.25, 0.3) is 0 Å². The lowest BCUT2D eigenvalue weighted by molar-refractivity contribution is -0.0247. The molecule has 0 aromatic carbocycles. The molecule has 0 rings (SSSR count). The van der Waals surface area contributed by atoms with E-state index in [1.54, 1.807) is 0 Å². The van der Waals surface area contributed by atoms with Gasteiger partial charge in [0.1, 0.15) is 0 Å². The average Bonchev–Trinajstić information content (AvgIpc) is 2.40. The quantitative estimate of drug-likeness (QED) is 0.380. The minimum Gasteiger partial charge on any atom is -0.351 e. The molecule has 0 amide bonds. The van der Waals surface area contributed by atoms with Crippen molar-refractivity contribution in [3.8, 4) is 0 Å². The Bertz CT molecular complexity index is 242. The summed E-state index contributed by atoms with van der Waals surface area (Å²) in [7, 11) is -3.73. The monoisotopic (exact) mass is 348 g/mol. The van der Waals surface area contributed by atoms with Crippen molar-refractivity contribution < 1.29 is 17.7 Å². The van der Waals surface area contributed by atoms with Gasteiger partial charge in [0.25, 0.3) is 0 Å². The summed E-state index contributed by atoms with van der Waals surface area (Å²) >= 11 is 0. The van der Waals surface area contributed by atoms with Crippen LogP contribution >= 0.6 is 0 Å². The Morgan fingerprint density at radius 1 is 0.682 bits per heavy atom. The number of hydrogen-bond donors (Lipinski definition) is 0. The van der Waals surface area contributed by atoms with Crippen molar-refractivity contribution in [2.75, 3.05) is 26.4 Å². The van der Waals surface area contributed by atoms with Crippen LogP contribution in [0, 0.1) is 0 Å². The first-order chi connectivity index (χ1) is 10.4. The Labute approximate surface area is 140 Å². The predicted molar refractivity (Wildman–Crippen MR) is 99.7 cm³/mol. The SMILES string of the molecule is C=CC[Si](C)(C)CC=C.CCO[Si](OCC)(OCC)OCC. The van der Waals surface area contributed by atoms with Gasteiger partial charge in [0, 0.05) is 26.4 Å². The molecule has 4 nitrogen and oxygen atoms in total. The van der Waals surface area contributed by atoms with Gasteiger partial charge in [-0.05, 0) is 39.8 Å². The molecule has 0 saturated heterocycles. The molecule has 0 aromatic rings. The lowest BCUT2D eigenvalue weighted by Crippen LogP contribution is -2.49. The van der Waals surface area contributed by atoms with E-state index in [0.29, 0.717) is 26.4 Å². The summed E-state index contributed by atoms with van der Waals surface area (Å²) in [5, 5.41) is 0. The topological polar surface area (TPSA) is 36.9 Å². The van der Waals surface area contributed by atoms with Crippen LogP contribution in [0.3, 0.4) is 0 Å². The second-order valence-electron chi connectivity index (χ2n) is 5.38. The molecule has 132 valence electrons. The van der Waals surface area contributed by atoms with Crippen LogP contribution in [0.2, 0.25) is 25.2 Å². The van der Waals surface area contributed by atoms with Crippen LogP contribution in [0.15, 0.2) is 25.3 Å². The van der Waals surface area contributed by atoms with Crippen LogP contribution in [-0.4, -0.2) is 43.5 Å². The molecule has 0 N–H and O–H groups in total. The first-order valence-electron chi connectivity index (χ1n) is 8.14. The van der Waals surface area contributed by atoms with E-state index in [4.69, 9.17) is 17.7 Å². The third kappa shape index (κ3) is 12.3. The normalized spacial score (nSPS) is 11.5. The maximum atomic E-state index is 5.42. The van der Waals surface area contributed by atoms with Gasteiger partial charge in [0.05, 0.1) is 8.07 Å². The molecular formula is C16H36O4Si2. The van der Waals surface area contributed by atoms with Gasteiger partial charge in [-0.3, -0.25) is 0 Å². The van der Waals surface area contributed by atoms with E-state index in [0.717, 1.165) is 0 Å². The molecule has 0 aliphatic carbocycles. The van der Waals surface area contributed by atoms with Gasteiger partial charge < -0.3 is 17.7 Å². The minimum atomic E-state index is -2.80. The van der Waals surface area contributed by atoms with Gasteiger partial charge in [0.2, 0.25) is 0 Å². The molecule has 22 heavy (non-hydrogen) atoms. The van der Waals surface area contributed by atoms with Gasteiger partial charge in [-0.25, -0.2) is 0 Å². The van der Waals surface area contributed by atoms with Crippen LogP contribution in [0.4, 0.5) is 0 Å². The lowest BCUT2D eigenvalue weighted by Gasteiger charge is -2.26. The van der Waals surface area contributed by atoms with Crippen molar-refractivity contribution in [3.05, 3.63) is 25.3 Å². The lowest BCUT2D eigenvalue weighted by atomic mass is 10.7. The van der Waals surface area contributed by atoms with E-state index < -0.39 is 17.1 Å². The molecule has 0 aromatic heterocycles. The molecule has 0 bridgehead atoms. The zero-order chi connectivity index (χ0) is 17.5. The van der Waals surface area contributed by atoms with Crippen molar-refractivity contribution in [2.24, 2.45) is 0 Å². The maximum Gasteiger partial charge on any atom is 0.679 e. The molecule has 0 fully saturated rings. The summed E-state index contributed by atoms with van der Waals surface area (Å²) < 4.78 is 21.7. The largest absolute Gasteiger partial charge is 0.679 e. The smallest absolute Gasteiger partial charge is 0.351 e. The summed E-state index contributed by atoms with van der Waals surface area (Å²) in [4.78, 5) is 0. The van der Waals surface area contributed by atoms with E-state index in [1.165, 1.54) is 12.1 Å². The van der Waals surface area contributed by atoms with Gasteiger partial charge in [0.15, 0.2) is 0 Å². The van der Waals surface area contributed by atoms with Gasteiger partial charge >= 0.3 is 9.05 Å². The van der Waals surface area contributed by atoms with Crippen LogP contribution in [0.1, 0.15) is 27.7 Å². The van der Waals surface area contributed by atoms with E-state index in [2.05, 4.69) is 26.3 Å². The highest BCUT2D eigenvalue weighted by molar-refractivity contribution is 6.78. The Hall–Kier alpha value is -0.246. The summed E-state index contributed by atoms with van der Waals surface area (Å²) in [6.45, 7) is 22.0. The Morgan fingerprint density at radius 3 is 1.14 bits per heavy atom. The highest BCUT2D eigenvalue weighted by Crippen LogP contribution is 2.15. The van der Waals surface area contributed by atoms with Crippen LogP contribution in [0.5, 0.6) is 0 Å². The van der Waals surface area contributed by atoms with Gasteiger partial charge in [-0.15, -0.1) is 13.2 Å². The van der Waals surface area contributed by atoms with Crippen LogP contribution in [-0.2, 0) is 17.7 Å². The third-order valence-electron chi connectivity index (χ3n) is 2.68. The molecule has 0 saturated carbocycles. The minimum absolute atomic E-state index is 0.548. The van der Waals surface area contributed by atoms with Crippen molar-refractivity contribution in [1.29, 1.82) is 0 Å². The standard InChI is InChI=1S/C8H20O4Si.C8H16Si/c1-5-9-13(10-6-2,11-7-3)12-8-4;1-5-7-9(3,4)8-6-2/h5-8H2,1-4H3;5-6H,1-2,7-8H2,3-4H3. The van der Waals surface area contributed by atoms with E-state index in [9.17, 15) is 0 Å². The molecule has 0 radical (unpaired) electrons. The zero-order valence-electron chi connectivity index (χ0n) is 15.4. The van der Waals surface area contributed by atoms with Crippen molar-refractivity contribution in [1.82, 2.24) is 0 Å². The summed E-state index contributed by atoms with van der Waals surface area (Å²) in [6.07, 6.45) is 4.05. The van der Waals surface area contributed by atoms with Crippen molar-refractivity contribution in [3.63, 3.8) is 0 Å². The Balaban J connectivity index is 0. The Kier molecular flexibility index (Phi) is 15.7. The molecular weight excluding hydrogens is 312 g/mol. The fourth-order valence-electron chi connectivity index (χ4n) is 1.82. The molecule has 0 heterocycles. The molecule has 0 aliphatic rings. The van der Waals surface area contributed by atoms with Crippen LogP contribution < -0.4 is 0 Å². The molecule has 0 unspecified atom stereocenters. The molecule has 6 heteroatoms. The number of allylic oxidation sites excluding steroid dienone is 2. The van der Waals surface area contributed by atoms with Crippen molar-refractivity contribution >= 4 is 17.1 Å². The average molecular weight is 349 g/mol. The number of rotatable bonds is 12. The van der Waals surface area contributed by atoms with Gasteiger partial charge in [-0.1, -0.05) is 25.2 Å². The fraction of sp³-hybridized carbons (Fsp3) is 0.750. The highest BCUT2D eigenvalue weighted by Gasteiger charge is 2.44. The molecule has 0 aliphatic heterocycles.